The van der Waals surface area contributed by atoms with Crippen LogP contribution in [0.3, 0.4) is 0 Å². The number of nitro benzene ring substituents is 2. The van der Waals surface area contributed by atoms with Gasteiger partial charge in [-0.2, -0.15) is 0 Å². The van der Waals surface area contributed by atoms with Crippen LogP contribution < -0.4 is 5.32 Å². The van der Waals surface area contributed by atoms with Crippen molar-refractivity contribution in [2.75, 3.05) is 11.9 Å². The van der Waals surface area contributed by atoms with Crippen LogP contribution in [0.15, 0.2) is 36.4 Å². The molecule has 10 nitrogen and oxygen atoms in total. The summed E-state index contributed by atoms with van der Waals surface area (Å²) < 4.78 is 4.78. The van der Waals surface area contributed by atoms with Gasteiger partial charge in [-0.3, -0.25) is 25.0 Å². The number of nitro groups is 2. The van der Waals surface area contributed by atoms with Crippen LogP contribution in [0, 0.1) is 27.2 Å². The number of carbonyl (C=O) groups is 2. The Morgan fingerprint density at radius 2 is 1.78 bits per heavy atom. The molecule has 2 aromatic rings. The van der Waals surface area contributed by atoms with Crippen molar-refractivity contribution in [1.82, 2.24) is 0 Å². The highest BCUT2D eigenvalue weighted by atomic mass is 35.5. The fourth-order valence-electron chi connectivity index (χ4n) is 2.18. The van der Waals surface area contributed by atoms with E-state index >= 15 is 0 Å². The third kappa shape index (κ3) is 4.76. The molecule has 0 spiro atoms. The van der Waals surface area contributed by atoms with Crippen molar-refractivity contribution in [3.63, 3.8) is 0 Å². The van der Waals surface area contributed by atoms with Gasteiger partial charge in [0.2, 0.25) is 0 Å². The molecular formula is C16H12ClN3O7. The standard InChI is InChI=1S/C16H12ClN3O7/c1-9-12(3-2-4-13(9)19(23)24)18-15(21)8-27-16(22)11-7-10(17)5-6-14(11)20(25)26/h2-7H,8H2,1H3,(H,18,21). The molecule has 0 fully saturated rings. The van der Waals surface area contributed by atoms with Crippen LogP contribution >= 0.6 is 11.6 Å². The number of anilines is 1. The van der Waals surface area contributed by atoms with Gasteiger partial charge in [-0.05, 0) is 25.1 Å². The smallest absolute Gasteiger partial charge is 0.345 e. The highest BCUT2D eigenvalue weighted by Gasteiger charge is 2.23. The van der Waals surface area contributed by atoms with E-state index in [2.05, 4.69) is 5.32 Å². The van der Waals surface area contributed by atoms with Crippen molar-refractivity contribution in [1.29, 1.82) is 0 Å². The number of hydrogen-bond donors (Lipinski definition) is 1. The van der Waals surface area contributed by atoms with Crippen LogP contribution in [0.5, 0.6) is 0 Å². The number of amides is 1. The number of esters is 1. The summed E-state index contributed by atoms with van der Waals surface area (Å²) in [5, 5.41) is 24.3. The maximum atomic E-state index is 12.0. The highest BCUT2D eigenvalue weighted by molar-refractivity contribution is 6.31. The predicted octanol–water partition coefficient (Wildman–Crippen LogP) is 3.26. The quantitative estimate of drug-likeness (QED) is 0.450. The zero-order chi connectivity index (χ0) is 20.1. The van der Waals surface area contributed by atoms with E-state index in [4.69, 9.17) is 16.3 Å². The second-order valence-electron chi connectivity index (χ2n) is 5.25. The van der Waals surface area contributed by atoms with Gasteiger partial charge in [0.05, 0.1) is 21.1 Å². The van der Waals surface area contributed by atoms with Crippen molar-refractivity contribution in [2.45, 2.75) is 6.92 Å². The lowest BCUT2D eigenvalue weighted by Crippen LogP contribution is -2.21. The molecule has 0 aliphatic rings. The normalized spacial score (nSPS) is 10.1. The number of nitrogens with one attached hydrogen (secondary N) is 1. The molecule has 27 heavy (non-hydrogen) atoms. The number of rotatable bonds is 6. The highest BCUT2D eigenvalue weighted by Crippen LogP contribution is 2.25. The molecule has 0 atom stereocenters. The lowest BCUT2D eigenvalue weighted by atomic mass is 10.1. The summed E-state index contributed by atoms with van der Waals surface area (Å²) in [6, 6.07) is 7.47. The molecule has 0 radical (unpaired) electrons. The zero-order valence-electron chi connectivity index (χ0n) is 13.8. The summed E-state index contributed by atoms with van der Waals surface area (Å²) in [7, 11) is 0. The number of benzene rings is 2. The molecule has 0 aromatic heterocycles. The van der Waals surface area contributed by atoms with Gasteiger partial charge in [-0.15, -0.1) is 0 Å². The first-order valence-electron chi connectivity index (χ1n) is 7.35. The number of ether oxygens (including phenoxy) is 1. The van der Waals surface area contributed by atoms with Crippen molar-refractivity contribution in [2.24, 2.45) is 0 Å². The van der Waals surface area contributed by atoms with E-state index in [0.29, 0.717) is 0 Å². The summed E-state index contributed by atoms with van der Waals surface area (Å²) in [5.74, 6) is -1.87. The Balaban J connectivity index is 2.08. The van der Waals surface area contributed by atoms with Crippen molar-refractivity contribution in [3.05, 3.63) is 72.8 Å². The summed E-state index contributed by atoms with van der Waals surface area (Å²) >= 11 is 5.73. The molecule has 11 heteroatoms. The lowest BCUT2D eigenvalue weighted by Gasteiger charge is -2.09. The van der Waals surface area contributed by atoms with Gasteiger partial charge < -0.3 is 10.1 Å². The number of hydrogen-bond acceptors (Lipinski definition) is 7. The Hall–Kier alpha value is -3.53. The van der Waals surface area contributed by atoms with Crippen LogP contribution in [0.4, 0.5) is 17.1 Å². The number of halogens is 1. The lowest BCUT2D eigenvalue weighted by molar-refractivity contribution is -0.385. The summed E-state index contributed by atoms with van der Waals surface area (Å²) in [4.78, 5) is 44.5. The van der Waals surface area contributed by atoms with E-state index < -0.39 is 39.6 Å². The second kappa shape index (κ2) is 8.23. The van der Waals surface area contributed by atoms with Crippen LogP contribution in [-0.2, 0) is 9.53 Å². The summed E-state index contributed by atoms with van der Waals surface area (Å²) in [5.41, 5.74) is -0.683. The third-order valence-corrected chi connectivity index (χ3v) is 3.72. The zero-order valence-corrected chi connectivity index (χ0v) is 14.6. The largest absolute Gasteiger partial charge is 0.452 e. The minimum absolute atomic E-state index is 0.0872. The molecule has 0 unspecified atom stereocenters. The SMILES string of the molecule is Cc1c(NC(=O)COC(=O)c2cc(Cl)ccc2[N+](=O)[O-])cccc1[N+](=O)[O-]. The Labute approximate surface area is 157 Å². The second-order valence-corrected chi connectivity index (χ2v) is 5.69. The maximum absolute atomic E-state index is 12.0. The fourth-order valence-corrected chi connectivity index (χ4v) is 2.35. The van der Waals surface area contributed by atoms with Gasteiger partial charge in [0.15, 0.2) is 6.61 Å². The molecular weight excluding hydrogens is 382 g/mol. The maximum Gasteiger partial charge on any atom is 0.345 e. The van der Waals surface area contributed by atoms with Crippen LogP contribution in [-0.4, -0.2) is 28.3 Å². The Kier molecular flexibility index (Phi) is 6.03. The molecule has 2 aromatic carbocycles. The van der Waals surface area contributed by atoms with Gasteiger partial charge >= 0.3 is 5.97 Å². The molecule has 0 aliphatic heterocycles. The number of carbonyl (C=O) groups excluding carboxylic acids is 2. The molecule has 2 rings (SSSR count). The van der Waals surface area contributed by atoms with Crippen LogP contribution in [0.1, 0.15) is 15.9 Å². The van der Waals surface area contributed by atoms with E-state index in [9.17, 15) is 29.8 Å². The van der Waals surface area contributed by atoms with Crippen LogP contribution in [0.25, 0.3) is 0 Å². The molecule has 1 amide bonds. The van der Waals surface area contributed by atoms with E-state index in [1.54, 1.807) is 0 Å². The monoisotopic (exact) mass is 393 g/mol. The molecule has 0 heterocycles. The average Bonchev–Trinajstić information content (AvgIpc) is 2.60. The van der Waals surface area contributed by atoms with Crippen molar-refractivity contribution < 1.29 is 24.2 Å². The first kappa shape index (κ1) is 19.8. The van der Waals surface area contributed by atoms with Gasteiger partial charge in [0.1, 0.15) is 5.56 Å². The molecule has 0 saturated heterocycles. The van der Waals surface area contributed by atoms with Crippen molar-refractivity contribution >= 4 is 40.5 Å². The van der Waals surface area contributed by atoms with E-state index in [1.165, 1.54) is 31.2 Å². The third-order valence-electron chi connectivity index (χ3n) is 3.49. The van der Waals surface area contributed by atoms with E-state index in [0.717, 1.165) is 12.1 Å². The average molecular weight is 394 g/mol. The Morgan fingerprint density at radius 1 is 1.11 bits per heavy atom. The molecule has 0 aliphatic carbocycles. The van der Waals surface area contributed by atoms with E-state index in [1.807, 2.05) is 0 Å². The molecule has 1 N–H and O–H groups in total. The Bertz CT molecular complexity index is 946. The first-order chi connectivity index (χ1) is 12.7. The van der Waals surface area contributed by atoms with Gasteiger partial charge in [-0.1, -0.05) is 17.7 Å². The molecule has 0 saturated carbocycles. The van der Waals surface area contributed by atoms with Gasteiger partial charge in [0, 0.05) is 17.2 Å². The first-order valence-corrected chi connectivity index (χ1v) is 7.73. The molecule has 140 valence electrons. The van der Waals surface area contributed by atoms with Gasteiger partial charge in [-0.25, -0.2) is 4.79 Å². The molecule has 0 bridgehead atoms. The topological polar surface area (TPSA) is 142 Å². The summed E-state index contributed by atoms with van der Waals surface area (Å²) in [6.07, 6.45) is 0. The Morgan fingerprint density at radius 3 is 2.41 bits per heavy atom. The minimum Gasteiger partial charge on any atom is -0.452 e. The fraction of sp³-hybridized carbons (Fsp3) is 0.125. The predicted molar refractivity (Wildman–Crippen MR) is 94.9 cm³/mol. The van der Waals surface area contributed by atoms with Crippen LogP contribution in [0.2, 0.25) is 5.02 Å². The van der Waals surface area contributed by atoms with E-state index in [-0.39, 0.29) is 22.0 Å². The number of nitrogens with zero attached hydrogens (tertiary/aromatic N) is 2. The van der Waals surface area contributed by atoms with Crippen molar-refractivity contribution in [3.8, 4) is 0 Å². The summed E-state index contributed by atoms with van der Waals surface area (Å²) in [6.45, 7) is 0.708. The van der Waals surface area contributed by atoms with Gasteiger partial charge in [0.25, 0.3) is 17.3 Å². The minimum atomic E-state index is -1.10.